The van der Waals surface area contributed by atoms with E-state index in [0.29, 0.717) is 5.78 Å². The third-order valence-electron chi connectivity index (χ3n) is 4.83. The van der Waals surface area contributed by atoms with Gasteiger partial charge in [0.2, 0.25) is 5.91 Å². The fourth-order valence-corrected chi connectivity index (χ4v) is 3.32. The molecule has 3 heterocycles. The molecule has 0 aliphatic carbocycles. The van der Waals surface area contributed by atoms with E-state index in [1.54, 1.807) is 6.20 Å². The van der Waals surface area contributed by atoms with Crippen molar-refractivity contribution in [3.05, 3.63) is 52.1 Å². The number of aromatic nitrogens is 4. The molecule has 4 rings (SSSR count). The van der Waals surface area contributed by atoms with E-state index >= 15 is 0 Å². The largest absolute Gasteiger partial charge is 0.356 e. The fraction of sp³-hybridized carbons (Fsp3) is 0.368. The van der Waals surface area contributed by atoms with Crippen LogP contribution < -0.4 is 15.9 Å². The van der Waals surface area contributed by atoms with Crippen LogP contribution in [0.15, 0.2) is 35.3 Å². The van der Waals surface area contributed by atoms with Gasteiger partial charge in [-0.15, -0.1) is 5.10 Å². The topological polar surface area (TPSA) is 84.5 Å². The summed E-state index contributed by atoms with van der Waals surface area (Å²) in [7, 11) is 0. The molecule has 1 aliphatic heterocycles. The van der Waals surface area contributed by atoms with Crippen molar-refractivity contribution in [3.63, 3.8) is 0 Å². The van der Waals surface area contributed by atoms with E-state index in [9.17, 15) is 9.59 Å². The molecule has 0 atom stereocenters. The smallest absolute Gasteiger partial charge is 0.352 e. The van der Waals surface area contributed by atoms with Crippen molar-refractivity contribution in [3.8, 4) is 0 Å². The first-order valence-electron chi connectivity index (χ1n) is 9.09. The maximum atomic E-state index is 12.5. The maximum absolute atomic E-state index is 12.5. The molecule has 1 fully saturated rings. The number of carbonyl (C=O) groups is 1. The van der Waals surface area contributed by atoms with Crippen molar-refractivity contribution in [1.29, 1.82) is 0 Å². The molecule has 0 radical (unpaired) electrons. The van der Waals surface area contributed by atoms with Crippen LogP contribution in [0.4, 0.5) is 11.5 Å². The minimum absolute atomic E-state index is 0.158. The van der Waals surface area contributed by atoms with Crippen molar-refractivity contribution in [2.24, 2.45) is 0 Å². The van der Waals surface area contributed by atoms with Crippen LogP contribution in [0.2, 0.25) is 0 Å². The number of benzene rings is 1. The number of hydrogen-bond acceptors (Lipinski definition) is 5. The number of amides is 1. The Bertz CT molecular complexity index is 1060. The van der Waals surface area contributed by atoms with Gasteiger partial charge >= 0.3 is 5.69 Å². The number of nitrogens with zero attached hydrogens (tertiary/aromatic N) is 5. The van der Waals surface area contributed by atoms with Gasteiger partial charge in [-0.25, -0.2) is 13.9 Å². The van der Waals surface area contributed by atoms with E-state index < -0.39 is 0 Å². The second-order valence-corrected chi connectivity index (χ2v) is 6.96. The highest BCUT2D eigenvalue weighted by atomic mass is 16.2. The molecule has 0 spiro atoms. The zero-order chi connectivity index (χ0) is 19.0. The van der Waals surface area contributed by atoms with Crippen molar-refractivity contribution in [2.45, 2.75) is 33.2 Å². The fourth-order valence-electron chi connectivity index (χ4n) is 3.32. The van der Waals surface area contributed by atoms with Crippen LogP contribution >= 0.6 is 0 Å². The monoisotopic (exact) mass is 366 g/mol. The quantitative estimate of drug-likeness (QED) is 0.760. The number of nitrogens with one attached hydrogen (secondary N) is 1. The van der Waals surface area contributed by atoms with Gasteiger partial charge in [0.15, 0.2) is 0 Å². The molecule has 1 N–H and O–H groups in total. The molecule has 1 aliphatic rings. The number of hydrogen-bond donors (Lipinski definition) is 1. The van der Waals surface area contributed by atoms with E-state index in [2.05, 4.69) is 20.3 Å². The number of rotatable bonds is 4. The Hall–Kier alpha value is -3.16. The second-order valence-electron chi connectivity index (χ2n) is 6.96. The molecule has 1 aromatic carbocycles. The van der Waals surface area contributed by atoms with Crippen LogP contribution in [0.5, 0.6) is 0 Å². The second kappa shape index (κ2) is 6.86. The maximum Gasteiger partial charge on any atom is 0.352 e. The highest BCUT2D eigenvalue weighted by molar-refractivity contribution is 5.91. The van der Waals surface area contributed by atoms with Gasteiger partial charge in [0.25, 0.3) is 5.78 Å². The van der Waals surface area contributed by atoms with Crippen LogP contribution in [0.1, 0.15) is 24.0 Å². The third-order valence-corrected chi connectivity index (χ3v) is 4.83. The summed E-state index contributed by atoms with van der Waals surface area (Å²) >= 11 is 0. The van der Waals surface area contributed by atoms with Gasteiger partial charge in [0, 0.05) is 25.0 Å². The summed E-state index contributed by atoms with van der Waals surface area (Å²) < 4.78 is 2.52. The molecule has 0 saturated carbocycles. The number of anilines is 2. The van der Waals surface area contributed by atoms with Crippen molar-refractivity contribution >= 4 is 23.2 Å². The van der Waals surface area contributed by atoms with Crippen LogP contribution in [-0.4, -0.2) is 38.2 Å². The molecule has 0 bridgehead atoms. The molecule has 3 aromatic rings. The van der Waals surface area contributed by atoms with Gasteiger partial charge < -0.3 is 10.2 Å². The van der Waals surface area contributed by atoms with Crippen molar-refractivity contribution < 1.29 is 4.79 Å². The Labute approximate surface area is 156 Å². The summed E-state index contributed by atoms with van der Waals surface area (Å²) in [4.78, 5) is 31.6. The van der Waals surface area contributed by atoms with E-state index in [1.165, 1.54) is 4.40 Å². The molecule has 2 aromatic heterocycles. The Morgan fingerprint density at radius 3 is 2.74 bits per heavy atom. The standard InChI is InChI=1S/C19H22N6O2/c1-13-5-6-14(2)15(11-13)20-17(26)12-25-19(27)24-10-7-16(21-18(24)22-25)23-8-3-4-9-23/h5-7,10-11H,3-4,8-9,12H2,1-2H3,(H,20,26). The average molecular weight is 366 g/mol. The molecule has 1 saturated heterocycles. The highest BCUT2D eigenvalue weighted by Crippen LogP contribution is 2.18. The predicted octanol–water partition coefficient (Wildman–Crippen LogP) is 1.75. The van der Waals surface area contributed by atoms with Crippen molar-refractivity contribution in [2.75, 3.05) is 23.3 Å². The van der Waals surface area contributed by atoms with Crippen LogP contribution in [-0.2, 0) is 11.3 Å². The number of fused-ring (bicyclic) bond motifs is 1. The Balaban J connectivity index is 1.56. The highest BCUT2D eigenvalue weighted by Gasteiger charge is 2.17. The van der Waals surface area contributed by atoms with Gasteiger partial charge in [-0.05, 0) is 49.9 Å². The van der Waals surface area contributed by atoms with Crippen LogP contribution in [0.25, 0.3) is 5.78 Å². The first-order chi connectivity index (χ1) is 13.0. The Morgan fingerprint density at radius 2 is 1.96 bits per heavy atom. The molecule has 27 heavy (non-hydrogen) atoms. The predicted molar refractivity (Wildman–Crippen MR) is 103 cm³/mol. The van der Waals surface area contributed by atoms with E-state index in [4.69, 9.17) is 0 Å². The van der Waals surface area contributed by atoms with E-state index in [-0.39, 0.29) is 18.1 Å². The first-order valence-corrected chi connectivity index (χ1v) is 9.09. The third kappa shape index (κ3) is 3.42. The Morgan fingerprint density at radius 1 is 1.19 bits per heavy atom. The van der Waals surface area contributed by atoms with E-state index in [0.717, 1.165) is 53.2 Å². The molecule has 0 unspecified atom stereocenters. The zero-order valence-electron chi connectivity index (χ0n) is 15.5. The lowest BCUT2D eigenvalue weighted by Crippen LogP contribution is -2.28. The van der Waals surface area contributed by atoms with Gasteiger partial charge in [0.05, 0.1) is 0 Å². The number of carbonyl (C=O) groups excluding carboxylic acids is 1. The van der Waals surface area contributed by atoms with Gasteiger partial charge in [-0.1, -0.05) is 12.1 Å². The summed E-state index contributed by atoms with van der Waals surface area (Å²) in [6.07, 6.45) is 3.96. The van der Waals surface area contributed by atoms with E-state index in [1.807, 2.05) is 38.1 Å². The van der Waals surface area contributed by atoms with Crippen LogP contribution in [0.3, 0.4) is 0 Å². The van der Waals surface area contributed by atoms with Crippen molar-refractivity contribution in [1.82, 2.24) is 19.2 Å². The zero-order valence-corrected chi connectivity index (χ0v) is 15.5. The minimum atomic E-state index is -0.374. The summed E-state index contributed by atoms with van der Waals surface area (Å²) in [6, 6.07) is 7.67. The number of aryl methyl sites for hydroxylation is 2. The lowest BCUT2D eigenvalue weighted by atomic mass is 10.1. The molecule has 140 valence electrons. The minimum Gasteiger partial charge on any atom is -0.356 e. The molecule has 1 amide bonds. The molecule has 8 heteroatoms. The molecule has 8 nitrogen and oxygen atoms in total. The average Bonchev–Trinajstić information content (AvgIpc) is 3.27. The summed E-state index contributed by atoms with van der Waals surface area (Å²) in [6.45, 7) is 5.66. The lowest BCUT2D eigenvalue weighted by Gasteiger charge is -2.15. The van der Waals surface area contributed by atoms with Gasteiger partial charge in [-0.3, -0.25) is 4.79 Å². The molecular formula is C19H22N6O2. The normalized spacial score (nSPS) is 14.1. The van der Waals surface area contributed by atoms with Gasteiger partial charge in [0.1, 0.15) is 12.4 Å². The first kappa shape index (κ1) is 17.3. The summed E-state index contributed by atoms with van der Waals surface area (Å²) in [5, 5.41) is 7.09. The van der Waals surface area contributed by atoms with Gasteiger partial charge in [-0.2, -0.15) is 4.98 Å². The lowest BCUT2D eigenvalue weighted by molar-refractivity contribution is -0.117. The summed E-state index contributed by atoms with van der Waals surface area (Å²) in [5.41, 5.74) is 2.39. The SMILES string of the molecule is Cc1ccc(C)c(NC(=O)Cn2nc3nc(N4CCCC4)ccn3c2=O)c1. The molecular weight excluding hydrogens is 344 g/mol. The summed E-state index contributed by atoms with van der Waals surface area (Å²) in [5.74, 6) is 0.829. The Kier molecular flexibility index (Phi) is 4.39. The van der Waals surface area contributed by atoms with Crippen LogP contribution in [0, 0.1) is 13.8 Å².